The van der Waals surface area contributed by atoms with Gasteiger partial charge in [-0.3, -0.25) is 4.79 Å². The van der Waals surface area contributed by atoms with Gasteiger partial charge in [-0.1, -0.05) is 29.8 Å². The maximum Gasteiger partial charge on any atom is 0.185 e. The standard InChI is InChI=1S/C24H25ClN2O4S/c1-16(26)21(24(25)27-19-6-4-3-5-7-19)9-10-22(30)17-8-11-23(31-2)18(12-17)15-32-20(13-28)14-29/h3-13,20,29H,14-15,26H2,1-2H3/b10-9+,21-16-,27-24?. The number of hydrogen-bond donors (Lipinski definition) is 2. The van der Waals surface area contributed by atoms with E-state index in [1.807, 2.05) is 30.3 Å². The Morgan fingerprint density at radius 2 is 1.97 bits per heavy atom. The highest BCUT2D eigenvalue weighted by Gasteiger charge is 2.13. The second kappa shape index (κ2) is 12.9. The molecule has 8 heteroatoms. The van der Waals surface area contributed by atoms with Gasteiger partial charge in [-0.2, -0.15) is 0 Å². The van der Waals surface area contributed by atoms with E-state index in [-0.39, 0.29) is 17.6 Å². The maximum atomic E-state index is 12.8. The number of rotatable bonds is 11. The molecule has 0 aromatic heterocycles. The Hall–Kier alpha value is -2.87. The number of nitrogens with zero attached hydrogens (tertiary/aromatic N) is 1. The van der Waals surface area contributed by atoms with Gasteiger partial charge in [0.25, 0.3) is 0 Å². The van der Waals surface area contributed by atoms with Crippen molar-refractivity contribution in [3.05, 3.63) is 83.1 Å². The minimum atomic E-state index is -0.537. The number of carbonyl (C=O) groups is 2. The van der Waals surface area contributed by atoms with E-state index < -0.39 is 5.25 Å². The highest BCUT2D eigenvalue weighted by Crippen LogP contribution is 2.27. The SMILES string of the molecule is COc1ccc(C(=O)/C=C/C(C(Cl)=Nc2ccccc2)=C(\C)N)cc1CSC(C=O)CO. The van der Waals surface area contributed by atoms with Gasteiger partial charge in [0, 0.05) is 28.1 Å². The number of nitrogens with two attached hydrogens (primary N) is 1. The number of allylic oxidation sites excluding steroid dienone is 4. The Labute approximate surface area is 196 Å². The minimum Gasteiger partial charge on any atom is -0.496 e. The zero-order chi connectivity index (χ0) is 23.5. The Morgan fingerprint density at radius 1 is 1.25 bits per heavy atom. The van der Waals surface area contributed by atoms with Gasteiger partial charge in [0.2, 0.25) is 0 Å². The Morgan fingerprint density at radius 3 is 2.56 bits per heavy atom. The number of aldehydes is 1. The van der Waals surface area contributed by atoms with Crippen LogP contribution in [0.5, 0.6) is 5.75 Å². The van der Waals surface area contributed by atoms with Crippen LogP contribution in [-0.4, -0.2) is 41.3 Å². The number of methoxy groups -OCH3 is 1. The van der Waals surface area contributed by atoms with Gasteiger partial charge in [-0.25, -0.2) is 4.99 Å². The number of aliphatic imine (C=N–C) groups is 1. The Balaban J connectivity index is 2.24. The number of para-hydroxylation sites is 1. The summed E-state index contributed by atoms with van der Waals surface area (Å²) in [6, 6.07) is 14.2. The molecule has 3 N–H and O–H groups in total. The number of benzene rings is 2. The summed E-state index contributed by atoms with van der Waals surface area (Å²) in [5.74, 6) is 0.744. The van der Waals surface area contributed by atoms with Crippen molar-refractivity contribution in [2.45, 2.75) is 17.9 Å². The predicted molar refractivity (Wildman–Crippen MR) is 131 cm³/mol. The summed E-state index contributed by atoms with van der Waals surface area (Å²) in [6.45, 7) is 1.43. The molecule has 32 heavy (non-hydrogen) atoms. The van der Waals surface area contributed by atoms with E-state index in [1.165, 1.54) is 24.9 Å². The first-order chi connectivity index (χ1) is 15.4. The van der Waals surface area contributed by atoms with Crippen LogP contribution in [0.25, 0.3) is 0 Å². The molecule has 1 unspecified atom stereocenters. The molecule has 0 aliphatic heterocycles. The fraction of sp³-hybridized carbons (Fsp3) is 0.208. The minimum absolute atomic E-state index is 0.177. The summed E-state index contributed by atoms with van der Waals surface area (Å²) >= 11 is 7.62. The summed E-state index contributed by atoms with van der Waals surface area (Å²) in [6.07, 6.45) is 3.62. The molecule has 0 bridgehead atoms. The molecule has 0 radical (unpaired) electrons. The zero-order valence-electron chi connectivity index (χ0n) is 17.8. The summed E-state index contributed by atoms with van der Waals surface area (Å²) in [4.78, 5) is 28.1. The smallest absolute Gasteiger partial charge is 0.185 e. The second-order valence-electron chi connectivity index (χ2n) is 6.73. The van der Waals surface area contributed by atoms with Gasteiger partial charge in [0.15, 0.2) is 5.78 Å². The summed E-state index contributed by atoms with van der Waals surface area (Å²) in [5, 5.41) is 8.84. The lowest BCUT2D eigenvalue weighted by Crippen LogP contribution is -2.10. The number of thioether (sulfide) groups is 1. The van der Waals surface area contributed by atoms with Gasteiger partial charge in [-0.05, 0) is 49.4 Å². The van der Waals surface area contributed by atoms with Gasteiger partial charge in [0.1, 0.15) is 17.2 Å². The van der Waals surface area contributed by atoms with Crippen LogP contribution in [0.2, 0.25) is 0 Å². The number of aliphatic hydroxyl groups excluding tert-OH is 1. The molecule has 6 nitrogen and oxygen atoms in total. The fourth-order valence-electron chi connectivity index (χ4n) is 2.67. The first kappa shape index (κ1) is 25.4. The number of aliphatic hydroxyl groups is 1. The molecule has 0 saturated carbocycles. The molecule has 2 rings (SSSR count). The first-order valence-electron chi connectivity index (χ1n) is 9.72. The van der Waals surface area contributed by atoms with Crippen LogP contribution in [0.1, 0.15) is 22.8 Å². The van der Waals surface area contributed by atoms with Crippen LogP contribution in [0, 0.1) is 0 Å². The van der Waals surface area contributed by atoms with E-state index in [2.05, 4.69) is 4.99 Å². The molecule has 2 aromatic carbocycles. The van der Waals surface area contributed by atoms with Gasteiger partial charge >= 0.3 is 0 Å². The van der Waals surface area contributed by atoms with Crippen molar-refractivity contribution in [3.8, 4) is 5.75 Å². The lowest BCUT2D eigenvalue weighted by Gasteiger charge is -2.11. The molecule has 168 valence electrons. The fourth-order valence-corrected chi connectivity index (χ4v) is 3.78. The molecule has 0 amide bonds. The molecule has 0 fully saturated rings. The lowest BCUT2D eigenvalue weighted by atomic mass is 10.1. The van der Waals surface area contributed by atoms with Crippen molar-refractivity contribution in [1.29, 1.82) is 0 Å². The predicted octanol–water partition coefficient (Wildman–Crippen LogP) is 4.43. The molecule has 2 aromatic rings. The normalized spacial score (nSPS) is 13.6. The third-order valence-corrected chi connectivity index (χ3v) is 5.84. The third-order valence-electron chi connectivity index (χ3n) is 4.38. The molecule has 0 spiro atoms. The molecule has 0 aliphatic carbocycles. The Kier molecular flexibility index (Phi) is 10.2. The quantitative estimate of drug-likeness (QED) is 0.165. The van der Waals surface area contributed by atoms with Crippen molar-refractivity contribution >= 4 is 46.3 Å². The van der Waals surface area contributed by atoms with Gasteiger partial charge < -0.3 is 20.4 Å². The van der Waals surface area contributed by atoms with E-state index in [0.29, 0.717) is 40.3 Å². The van der Waals surface area contributed by atoms with Crippen molar-refractivity contribution in [1.82, 2.24) is 0 Å². The molecule has 1 atom stereocenters. The van der Waals surface area contributed by atoms with Crippen LogP contribution in [0.3, 0.4) is 0 Å². The number of ether oxygens (including phenoxy) is 1. The van der Waals surface area contributed by atoms with Crippen molar-refractivity contribution in [2.75, 3.05) is 13.7 Å². The molecular weight excluding hydrogens is 448 g/mol. The highest BCUT2D eigenvalue weighted by atomic mass is 35.5. The summed E-state index contributed by atoms with van der Waals surface area (Å²) in [7, 11) is 1.53. The molecule has 0 saturated heterocycles. The van der Waals surface area contributed by atoms with Crippen LogP contribution in [0.15, 0.2) is 76.9 Å². The van der Waals surface area contributed by atoms with Crippen LogP contribution in [-0.2, 0) is 10.5 Å². The molecule has 0 aliphatic rings. The van der Waals surface area contributed by atoms with Crippen LogP contribution in [0.4, 0.5) is 5.69 Å². The number of ketones is 1. The number of hydrogen-bond acceptors (Lipinski definition) is 7. The van der Waals surface area contributed by atoms with Crippen LogP contribution >= 0.6 is 23.4 Å². The highest BCUT2D eigenvalue weighted by molar-refractivity contribution is 7.99. The van der Waals surface area contributed by atoms with E-state index in [4.69, 9.17) is 22.1 Å². The van der Waals surface area contributed by atoms with E-state index >= 15 is 0 Å². The van der Waals surface area contributed by atoms with Gasteiger partial charge in [-0.15, -0.1) is 11.8 Å². The summed E-state index contributed by atoms with van der Waals surface area (Å²) in [5.41, 5.74) is 8.68. The zero-order valence-corrected chi connectivity index (χ0v) is 19.4. The topological polar surface area (TPSA) is 102 Å². The average molecular weight is 473 g/mol. The largest absolute Gasteiger partial charge is 0.496 e. The van der Waals surface area contributed by atoms with Crippen LogP contribution < -0.4 is 10.5 Å². The van der Waals surface area contributed by atoms with Crippen molar-refractivity contribution in [2.24, 2.45) is 10.7 Å². The Bertz CT molecular complexity index is 1030. The van der Waals surface area contributed by atoms with E-state index in [9.17, 15) is 14.7 Å². The van der Waals surface area contributed by atoms with Crippen molar-refractivity contribution in [3.63, 3.8) is 0 Å². The van der Waals surface area contributed by atoms with Gasteiger partial charge in [0.05, 0.1) is 24.7 Å². The van der Waals surface area contributed by atoms with E-state index in [0.717, 1.165) is 5.56 Å². The number of carbonyl (C=O) groups excluding carboxylic acids is 2. The number of halogens is 1. The summed E-state index contributed by atoms with van der Waals surface area (Å²) < 4.78 is 5.35. The third kappa shape index (κ3) is 7.37. The first-order valence-corrected chi connectivity index (χ1v) is 11.1. The van der Waals surface area contributed by atoms with E-state index in [1.54, 1.807) is 31.2 Å². The average Bonchev–Trinajstić information content (AvgIpc) is 2.80. The van der Waals surface area contributed by atoms with Crippen molar-refractivity contribution < 1.29 is 19.4 Å². The monoisotopic (exact) mass is 472 g/mol. The second-order valence-corrected chi connectivity index (χ2v) is 8.31. The maximum absolute atomic E-state index is 12.8. The lowest BCUT2D eigenvalue weighted by molar-refractivity contribution is -0.107. The molecular formula is C24H25ClN2O4S. The molecule has 0 heterocycles.